The normalized spacial score (nSPS) is 11.5. The summed E-state index contributed by atoms with van der Waals surface area (Å²) in [4.78, 5) is 14.8. The first kappa shape index (κ1) is 39.9. The SMILES string of the molecule is c1ccc(-c2cc(-c3ccccc3-c3ccc(-c4cc5ccccc5o4)nc3)cc(-c3ccccc3-c3ccc(-c4cc5ccccc5o4)nc3)c2)c(-c2ccc(-c3cc4ccccc4o3)nc2)c1. The lowest BCUT2D eigenvalue weighted by molar-refractivity contribution is 0.628. The average molecular weight is 886 g/mol. The summed E-state index contributed by atoms with van der Waals surface area (Å²) in [5, 5.41) is 3.15. The number of hydrogen-bond acceptors (Lipinski definition) is 6. The minimum absolute atomic E-state index is 0.740. The van der Waals surface area contributed by atoms with Gasteiger partial charge in [0, 0.05) is 51.4 Å². The Bertz CT molecular complexity index is 3480. The third-order valence-electron chi connectivity index (χ3n) is 12.9. The van der Waals surface area contributed by atoms with E-state index in [1.807, 2.05) is 110 Å². The van der Waals surface area contributed by atoms with Crippen LogP contribution in [0.4, 0.5) is 0 Å². The van der Waals surface area contributed by atoms with Crippen LogP contribution in [-0.2, 0) is 0 Å². The molecule has 0 radical (unpaired) electrons. The molecule has 13 aromatic rings. The molecule has 13 rings (SSSR count). The molecule has 0 atom stereocenters. The Labute approximate surface area is 397 Å². The van der Waals surface area contributed by atoms with Crippen molar-refractivity contribution in [2.75, 3.05) is 0 Å². The maximum Gasteiger partial charge on any atom is 0.153 e. The van der Waals surface area contributed by atoms with Gasteiger partial charge in [0.2, 0.25) is 0 Å². The van der Waals surface area contributed by atoms with Crippen molar-refractivity contribution in [3.8, 4) is 101 Å². The van der Waals surface area contributed by atoms with Gasteiger partial charge in [-0.25, -0.2) is 0 Å². The predicted molar refractivity (Wildman–Crippen MR) is 278 cm³/mol. The monoisotopic (exact) mass is 885 g/mol. The van der Waals surface area contributed by atoms with E-state index in [-0.39, 0.29) is 0 Å². The molecule has 6 aromatic heterocycles. The zero-order chi connectivity index (χ0) is 45.7. The topological polar surface area (TPSA) is 78.1 Å². The van der Waals surface area contributed by atoms with Crippen LogP contribution in [-0.4, -0.2) is 15.0 Å². The fraction of sp³-hybridized carbons (Fsp3) is 0. The molecule has 0 spiro atoms. The molecule has 0 saturated heterocycles. The highest BCUT2D eigenvalue weighted by molar-refractivity contribution is 5.95. The van der Waals surface area contributed by atoms with Crippen LogP contribution < -0.4 is 0 Å². The third-order valence-corrected chi connectivity index (χ3v) is 12.9. The van der Waals surface area contributed by atoms with Crippen molar-refractivity contribution in [2.45, 2.75) is 0 Å². The van der Waals surface area contributed by atoms with E-state index in [0.717, 1.165) is 134 Å². The molecule has 324 valence electrons. The Morgan fingerprint density at radius 2 is 0.493 bits per heavy atom. The minimum Gasteiger partial charge on any atom is -0.454 e. The summed E-state index contributed by atoms with van der Waals surface area (Å²) in [6.07, 6.45) is 5.84. The minimum atomic E-state index is 0.740. The lowest BCUT2D eigenvalue weighted by Crippen LogP contribution is -1.93. The van der Waals surface area contributed by atoms with Crippen LogP contribution in [0.2, 0.25) is 0 Å². The van der Waals surface area contributed by atoms with Gasteiger partial charge >= 0.3 is 0 Å². The Kier molecular flexibility index (Phi) is 9.72. The molecule has 69 heavy (non-hydrogen) atoms. The van der Waals surface area contributed by atoms with E-state index < -0.39 is 0 Å². The molecule has 6 nitrogen and oxygen atoms in total. The summed E-state index contributed by atoms with van der Waals surface area (Å²) in [6, 6.07) is 75.4. The lowest BCUT2D eigenvalue weighted by atomic mass is 9.86. The van der Waals surface area contributed by atoms with Crippen LogP contribution in [0.5, 0.6) is 0 Å². The summed E-state index contributed by atoms with van der Waals surface area (Å²) in [5.74, 6) is 2.22. The average Bonchev–Trinajstić information content (AvgIpc) is 4.19. The van der Waals surface area contributed by atoms with Gasteiger partial charge in [-0.3, -0.25) is 15.0 Å². The zero-order valence-corrected chi connectivity index (χ0v) is 37.1. The number of fused-ring (bicyclic) bond motifs is 3. The molecule has 0 unspecified atom stereocenters. The van der Waals surface area contributed by atoms with Crippen LogP contribution in [0.1, 0.15) is 0 Å². The van der Waals surface area contributed by atoms with Gasteiger partial charge in [-0.15, -0.1) is 0 Å². The van der Waals surface area contributed by atoms with Crippen LogP contribution in [0.25, 0.3) is 134 Å². The highest BCUT2D eigenvalue weighted by Crippen LogP contribution is 2.43. The van der Waals surface area contributed by atoms with Crippen molar-refractivity contribution in [3.63, 3.8) is 0 Å². The van der Waals surface area contributed by atoms with Crippen molar-refractivity contribution >= 4 is 32.9 Å². The molecule has 7 aromatic carbocycles. The largest absolute Gasteiger partial charge is 0.454 e. The van der Waals surface area contributed by atoms with E-state index in [4.69, 9.17) is 28.2 Å². The van der Waals surface area contributed by atoms with Gasteiger partial charge in [-0.1, -0.05) is 146 Å². The second kappa shape index (κ2) is 16.8. The summed E-state index contributed by atoms with van der Waals surface area (Å²) >= 11 is 0. The second-order valence-electron chi connectivity index (χ2n) is 17.2. The van der Waals surface area contributed by atoms with Crippen molar-refractivity contribution in [3.05, 3.63) is 237 Å². The van der Waals surface area contributed by atoms with Crippen molar-refractivity contribution in [1.29, 1.82) is 0 Å². The highest BCUT2D eigenvalue weighted by atomic mass is 16.3. The van der Waals surface area contributed by atoms with E-state index in [1.54, 1.807) is 0 Å². The molecule has 0 N–H and O–H groups in total. The predicted octanol–water partition coefficient (Wildman–Crippen LogP) is 17.1. The molecular formula is C63H39N3O3. The van der Waals surface area contributed by atoms with Crippen molar-refractivity contribution in [1.82, 2.24) is 15.0 Å². The first-order valence-corrected chi connectivity index (χ1v) is 22.9. The fourth-order valence-electron chi connectivity index (χ4n) is 9.47. The molecule has 0 aliphatic rings. The van der Waals surface area contributed by atoms with Gasteiger partial charge in [-0.2, -0.15) is 0 Å². The van der Waals surface area contributed by atoms with E-state index in [9.17, 15) is 0 Å². The molecule has 0 aliphatic heterocycles. The number of rotatable bonds is 9. The van der Waals surface area contributed by atoms with Gasteiger partial charge in [-0.05, 0) is 123 Å². The molecular weight excluding hydrogens is 847 g/mol. The molecule has 0 fully saturated rings. The molecule has 0 saturated carbocycles. The third kappa shape index (κ3) is 7.47. The standard InChI is InChI=1S/C63H39N3O3/c1-10-22-58-40(13-1)34-61(67-58)55-28-25-43(37-64-55)49-16-4-7-19-52(49)46-31-47(53-20-8-5-17-50(53)44-26-29-56(65-38-44)62-35-41-14-2-11-23-59(41)68-62)33-48(32-46)54-21-9-6-18-51(54)45-27-30-57(66-39-45)63-36-42-15-3-12-24-60(42)69-63/h1-39H. The summed E-state index contributed by atoms with van der Waals surface area (Å²) in [7, 11) is 0. The van der Waals surface area contributed by atoms with Gasteiger partial charge in [0.25, 0.3) is 0 Å². The second-order valence-corrected chi connectivity index (χ2v) is 17.2. The Morgan fingerprint density at radius 3 is 0.754 bits per heavy atom. The highest BCUT2D eigenvalue weighted by Gasteiger charge is 2.18. The summed E-state index contributed by atoms with van der Waals surface area (Å²) < 4.78 is 18.5. The number of nitrogens with zero attached hydrogens (tertiary/aromatic N) is 3. The van der Waals surface area contributed by atoms with Gasteiger partial charge in [0.1, 0.15) is 33.8 Å². The number of para-hydroxylation sites is 3. The lowest BCUT2D eigenvalue weighted by Gasteiger charge is -2.18. The van der Waals surface area contributed by atoms with Crippen molar-refractivity contribution < 1.29 is 13.3 Å². The van der Waals surface area contributed by atoms with Crippen LogP contribution >= 0.6 is 0 Å². The number of hydrogen-bond donors (Lipinski definition) is 0. The first-order chi connectivity index (χ1) is 34.1. The quantitative estimate of drug-likeness (QED) is 0.144. The molecule has 0 aliphatic carbocycles. The summed E-state index contributed by atoms with van der Waals surface area (Å²) in [5.41, 5.74) is 17.6. The number of pyridine rings is 3. The van der Waals surface area contributed by atoms with Crippen molar-refractivity contribution in [2.24, 2.45) is 0 Å². The van der Waals surface area contributed by atoms with Gasteiger partial charge in [0.15, 0.2) is 17.3 Å². The summed E-state index contributed by atoms with van der Waals surface area (Å²) in [6.45, 7) is 0. The van der Waals surface area contributed by atoms with E-state index in [0.29, 0.717) is 0 Å². The van der Waals surface area contributed by atoms with E-state index in [1.165, 1.54) is 0 Å². The molecule has 6 heterocycles. The van der Waals surface area contributed by atoms with Gasteiger partial charge < -0.3 is 13.3 Å². The zero-order valence-electron chi connectivity index (χ0n) is 37.1. The first-order valence-electron chi connectivity index (χ1n) is 22.9. The number of furan rings is 3. The smallest absolute Gasteiger partial charge is 0.153 e. The Balaban J connectivity index is 0.927. The maximum absolute atomic E-state index is 6.18. The number of benzene rings is 7. The van der Waals surface area contributed by atoms with Gasteiger partial charge in [0.05, 0.1) is 0 Å². The van der Waals surface area contributed by atoms with E-state index in [2.05, 4.69) is 127 Å². The van der Waals surface area contributed by atoms with Crippen LogP contribution in [0, 0.1) is 0 Å². The Hall–Kier alpha value is -9.39. The van der Waals surface area contributed by atoms with E-state index >= 15 is 0 Å². The van der Waals surface area contributed by atoms with Crippen LogP contribution in [0.3, 0.4) is 0 Å². The molecule has 6 heteroatoms. The van der Waals surface area contributed by atoms with Crippen LogP contribution in [0.15, 0.2) is 250 Å². The molecule has 0 amide bonds. The molecule has 0 bridgehead atoms. The fourth-order valence-corrected chi connectivity index (χ4v) is 9.47. The maximum atomic E-state index is 6.18. The number of aromatic nitrogens is 3. The Morgan fingerprint density at radius 1 is 0.232 bits per heavy atom.